The van der Waals surface area contributed by atoms with Gasteiger partial charge in [-0.1, -0.05) is 25.6 Å². The summed E-state index contributed by atoms with van der Waals surface area (Å²) in [6.07, 6.45) is 5.19. The fourth-order valence-electron chi connectivity index (χ4n) is 8.35. The number of sulfone groups is 1. The SMILES string of the molecule is [C-]#[N+][C@@](c1cccc(F)c1)(C1CCN(CC2CN(c3ccc(S(=O)(=O)C4CN(C(=O)C=C)C4)cc3)C2)CC1)[C@H]1CCC[C@@H]1OC(=O)CC. The van der Waals surface area contributed by atoms with Crippen molar-refractivity contribution in [2.45, 2.75) is 67.2 Å². The third kappa shape index (κ3) is 6.49. The molecule has 6 rings (SSSR count). The monoisotopic (exact) mass is 676 g/mol. The Balaban J connectivity index is 1.05. The first-order valence-electron chi connectivity index (χ1n) is 17.2. The summed E-state index contributed by atoms with van der Waals surface area (Å²) in [5.74, 6) is -0.515. The number of anilines is 1. The van der Waals surface area contributed by atoms with E-state index in [-0.39, 0.29) is 53.6 Å². The number of benzene rings is 2. The smallest absolute Gasteiger partial charge is 0.305 e. The van der Waals surface area contributed by atoms with Crippen LogP contribution in [0.5, 0.6) is 0 Å². The quantitative estimate of drug-likeness (QED) is 0.186. The lowest BCUT2D eigenvalue weighted by Crippen LogP contribution is -2.56. The van der Waals surface area contributed by atoms with E-state index < -0.39 is 20.6 Å². The molecule has 0 unspecified atom stereocenters. The molecule has 0 N–H and O–H groups in total. The molecule has 11 heteroatoms. The topological polar surface area (TPSA) is 91.6 Å². The van der Waals surface area contributed by atoms with Gasteiger partial charge in [-0.3, -0.25) is 9.59 Å². The highest BCUT2D eigenvalue weighted by molar-refractivity contribution is 7.92. The Morgan fingerprint density at radius 1 is 1.06 bits per heavy atom. The zero-order chi connectivity index (χ0) is 34.1. The van der Waals surface area contributed by atoms with Crippen molar-refractivity contribution in [3.8, 4) is 0 Å². The average molecular weight is 677 g/mol. The van der Waals surface area contributed by atoms with E-state index in [1.165, 1.54) is 23.1 Å². The molecule has 1 aliphatic carbocycles. The zero-order valence-corrected chi connectivity index (χ0v) is 28.4. The van der Waals surface area contributed by atoms with Crippen LogP contribution < -0.4 is 4.90 Å². The van der Waals surface area contributed by atoms with E-state index in [1.54, 1.807) is 25.1 Å². The van der Waals surface area contributed by atoms with Gasteiger partial charge in [-0.2, -0.15) is 0 Å². The van der Waals surface area contributed by atoms with Crippen LogP contribution in [0.4, 0.5) is 10.1 Å². The van der Waals surface area contributed by atoms with Crippen LogP contribution in [0.25, 0.3) is 4.85 Å². The van der Waals surface area contributed by atoms with Crippen molar-refractivity contribution in [2.24, 2.45) is 17.8 Å². The molecule has 4 aliphatic rings. The highest BCUT2D eigenvalue weighted by Crippen LogP contribution is 2.52. The van der Waals surface area contributed by atoms with E-state index in [2.05, 4.69) is 21.2 Å². The number of halogens is 1. The van der Waals surface area contributed by atoms with Crippen LogP contribution in [-0.2, 0) is 29.7 Å². The second-order valence-electron chi connectivity index (χ2n) is 13.8. The van der Waals surface area contributed by atoms with Gasteiger partial charge in [-0.15, -0.1) is 0 Å². The average Bonchev–Trinajstić information content (AvgIpc) is 3.51. The molecular formula is C37H45FN4O5S. The van der Waals surface area contributed by atoms with Crippen molar-refractivity contribution in [1.82, 2.24) is 9.80 Å². The van der Waals surface area contributed by atoms with Gasteiger partial charge in [0.2, 0.25) is 5.91 Å². The van der Waals surface area contributed by atoms with Crippen LogP contribution in [-0.4, -0.2) is 87.3 Å². The van der Waals surface area contributed by atoms with Gasteiger partial charge in [0.1, 0.15) is 17.2 Å². The first kappa shape index (κ1) is 34.1. The van der Waals surface area contributed by atoms with E-state index >= 15 is 0 Å². The van der Waals surface area contributed by atoms with Gasteiger partial charge in [-0.25, -0.2) is 19.4 Å². The highest BCUT2D eigenvalue weighted by atomic mass is 32.2. The molecule has 3 atom stereocenters. The van der Waals surface area contributed by atoms with Crippen LogP contribution in [0.3, 0.4) is 0 Å². The number of piperidine rings is 1. The van der Waals surface area contributed by atoms with E-state index in [0.717, 1.165) is 70.5 Å². The van der Waals surface area contributed by atoms with Gasteiger partial charge in [0.25, 0.3) is 5.54 Å². The summed E-state index contributed by atoms with van der Waals surface area (Å²) < 4.78 is 46.5. The molecule has 0 bridgehead atoms. The maximum absolute atomic E-state index is 14.6. The fourth-order valence-corrected chi connectivity index (χ4v) is 10.0. The Morgan fingerprint density at radius 2 is 1.77 bits per heavy atom. The van der Waals surface area contributed by atoms with E-state index in [1.807, 2.05) is 18.2 Å². The molecule has 3 heterocycles. The lowest BCUT2D eigenvalue weighted by molar-refractivity contribution is -0.152. The number of ether oxygens (including phenoxy) is 1. The summed E-state index contributed by atoms with van der Waals surface area (Å²) in [5.41, 5.74) is 0.747. The molecule has 0 spiro atoms. The van der Waals surface area contributed by atoms with Crippen molar-refractivity contribution < 1.29 is 27.1 Å². The van der Waals surface area contributed by atoms with Crippen molar-refractivity contribution >= 4 is 27.4 Å². The van der Waals surface area contributed by atoms with Gasteiger partial charge in [0, 0.05) is 62.2 Å². The minimum atomic E-state index is -3.50. The largest absolute Gasteiger partial charge is 0.462 e. The fraction of sp³-hybridized carbons (Fsp3) is 0.541. The number of nitrogens with zero attached hydrogens (tertiary/aromatic N) is 4. The maximum atomic E-state index is 14.6. The van der Waals surface area contributed by atoms with E-state index in [4.69, 9.17) is 11.3 Å². The molecule has 0 aromatic heterocycles. The number of carbonyl (C=O) groups is 2. The Bertz CT molecular complexity index is 1660. The highest BCUT2D eigenvalue weighted by Gasteiger charge is 2.59. The van der Waals surface area contributed by atoms with Crippen molar-refractivity contribution in [3.63, 3.8) is 0 Å². The predicted molar refractivity (Wildman–Crippen MR) is 181 cm³/mol. The maximum Gasteiger partial charge on any atom is 0.305 e. The van der Waals surface area contributed by atoms with Crippen LogP contribution in [0.15, 0.2) is 66.1 Å². The molecule has 1 amide bonds. The van der Waals surface area contributed by atoms with Gasteiger partial charge in [-0.05, 0) is 87.7 Å². The number of carbonyl (C=O) groups excluding carboxylic acids is 2. The summed E-state index contributed by atoms with van der Waals surface area (Å²) >= 11 is 0. The third-order valence-corrected chi connectivity index (χ3v) is 13.2. The molecule has 256 valence electrons. The molecule has 9 nitrogen and oxygen atoms in total. The Kier molecular flexibility index (Phi) is 9.96. The number of hydrogen-bond acceptors (Lipinski definition) is 7. The molecule has 2 aromatic rings. The normalized spacial score (nSPS) is 23.9. The number of amides is 1. The first-order valence-corrected chi connectivity index (χ1v) is 18.7. The molecular weight excluding hydrogens is 631 g/mol. The van der Waals surface area contributed by atoms with Crippen LogP contribution >= 0.6 is 0 Å². The molecule has 4 fully saturated rings. The summed E-state index contributed by atoms with van der Waals surface area (Å²) in [6.45, 7) is 18.6. The predicted octanol–water partition coefficient (Wildman–Crippen LogP) is 5.08. The van der Waals surface area contributed by atoms with E-state index in [9.17, 15) is 22.4 Å². The molecule has 48 heavy (non-hydrogen) atoms. The van der Waals surface area contributed by atoms with Gasteiger partial charge in [0.15, 0.2) is 9.84 Å². The molecule has 3 aliphatic heterocycles. The second kappa shape index (κ2) is 14.0. The van der Waals surface area contributed by atoms with Crippen LogP contribution in [0, 0.1) is 30.1 Å². The van der Waals surface area contributed by atoms with Gasteiger partial charge < -0.3 is 24.3 Å². The minimum absolute atomic E-state index is 0.0251. The van der Waals surface area contributed by atoms with Crippen molar-refractivity contribution in [2.75, 3.05) is 50.7 Å². The lowest BCUT2D eigenvalue weighted by Gasteiger charge is -2.46. The summed E-state index contributed by atoms with van der Waals surface area (Å²) in [6, 6.07) is 13.6. The van der Waals surface area contributed by atoms with Crippen molar-refractivity contribution in [1.29, 1.82) is 0 Å². The minimum Gasteiger partial charge on any atom is -0.462 e. The summed E-state index contributed by atoms with van der Waals surface area (Å²) in [4.78, 5) is 34.9. The number of esters is 1. The second-order valence-corrected chi connectivity index (χ2v) is 16.0. The Hall–Kier alpha value is -3.75. The number of likely N-dealkylation sites (tertiary alicyclic amines) is 2. The molecule has 1 saturated carbocycles. The standard InChI is InChI=1S/C37H45FN4O5S/c1-4-35(43)42-24-32(25-42)48(45,46)31-14-12-30(13-15-31)41-22-26(23-41)21-40-18-16-27(17-19-40)37(39-3,28-8-6-9-29(38)20-28)33-10-7-11-34(33)47-36(44)5-2/h4,6,8-9,12-15,20,26-27,32-34H,1,5,7,10-11,16-19,21-25H2,2H3/t33-,34-,37+/m0/s1. The number of hydrogen-bond donors (Lipinski definition) is 0. The molecule has 3 saturated heterocycles. The zero-order valence-electron chi connectivity index (χ0n) is 27.6. The van der Waals surface area contributed by atoms with E-state index in [0.29, 0.717) is 17.9 Å². The van der Waals surface area contributed by atoms with Gasteiger partial charge in [0.05, 0.1) is 10.8 Å². The first-order chi connectivity index (χ1) is 23.1. The third-order valence-electron chi connectivity index (χ3n) is 11.0. The van der Waals surface area contributed by atoms with Gasteiger partial charge >= 0.3 is 5.97 Å². The van der Waals surface area contributed by atoms with Crippen molar-refractivity contribution in [3.05, 3.63) is 84.0 Å². The van der Waals surface area contributed by atoms with Crippen LogP contribution in [0.2, 0.25) is 0 Å². The van der Waals surface area contributed by atoms with Crippen LogP contribution in [0.1, 0.15) is 51.0 Å². The summed E-state index contributed by atoms with van der Waals surface area (Å²) in [7, 11) is -3.50. The number of rotatable bonds is 11. The Labute approximate surface area is 283 Å². The summed E-state index contributed by atoms with van der Waals surface area (Å²) in [5, 5.41) is -0.586. The molecule has 2 aromatic carbocycles. The Morgan fingerprint density at radius 3 is 2.40 bits per heavy atom. The molecule has 0 radical (unpaired) electrons. The lowest BCUT2D eigenvalue weighted by atomic mass is 9.65.